The molecule has 0 saturated carbocycles. The molecular weight excluding hydrogens is 307 g/mol. The summed E-state index contributed by atoms with van der Waals surface area (Å²) in [6, 6.07) is 6.69. The van der Waals surface area contributed by atoms with Crippen LogP contribution in [0.1, 0.15) is 42.3 Å². The third-order valence-electron chi connectivity index (χ3n) is 3.87. The second kappa shape index (κ2) is 8.47. The number of aliphatic imine (C=N–C) groups is 1. The molecule has 1 aromatic carbocycles. The van der Waals surface area contributed by atoms with Crippen molar-refractivity contribution in [1.82, 2.24) is 15.8 Å². The Kier molecular flexibility index (Phi) is 6.35. The van der Waals surface area contributed by atoms with E-state index in [1.54, 1.807) is 12.1 Å². The molecule has 2 rings (SSSR count). The summed E-state index contributed by atoms with van der Waals surface area (Å²) < 4.78 is 18.9. The zero-order valence-corrected chi connectivity index (χ0v) is 14.7. The molecule has 1 heterocycles. The van der Waals surface area contributed by atoms with Crippen molar-refractivity contribution < 1.29 is 8.91 Å². The second-order valence-electron chi connectivity index (χ2n) is 5.81. The first-order valence-electron chi connectivity index (χ1n) is 8.21. The van der Waals surface area contributed by atoms with Gasteiger partial charge in [0.1, 0.15) is 11.6 Å². The van der Waals surface area contributed by atoms with Gasteiger partial charge in [-0.15, -0.1) is 0 Å². The van der Waals surface area contributed by atoms with Crippen molar-refractivity contribution in [3.63, 3.8) is 0 Å². The summed E-state index contributed by atoms with van der Waals surface area (Å²) in [7, 11) is 0. The molecule has 0 bridgehead atoms. The molecule has 1 unspecified atom stereocenters. The van der Waals surface area contributed by atoms with Crippen LogP contribution in [0.2, 0.25) is 0 Å². The molecule has 1 atom stereocenters. The lowest BCUT2D eigenvalue weighted by atomic mass is 10.00. The molecule has 2 aromatic rings. The van der Waals surface area contributed by atoms with Crippen LogP contribution in [0.5, 0.6) is 0 Å². The minimum absolute atomic E-state index is 0.230. The van der Waals surface area contributed by atoms with Gasteiger partial charge in [0.15, 0.2) is 5.96 Å². The predicted molar refractivity (Wildman–Crippen MR) is 93.6 cm³/mol. The van der Waals surface area contributed by atoms with Gasteiger partial charge in [-0.05, 0) is 26.8 Å². The number of nitrogens with zero attached hydrogens (tertiary/aromatic N) is 2. The highest BCUT2D eigenvalue weighted by Crippen LogP contribution is 2.22. The topological polar surface area (TPSA) is 62.5 Å². The summed E-state index contributed by atoms with van der Waals surface area (Å²) in [5.41, 5.74) is 2.61. The van der Waals surface area contributed by atoms with Gasteiger partial charge in [0, 0.05) is 30.1 Å². The van der Waals surface area contributed by atoms with Crippen molar-refractivity contribution in [2.24, 2.45) is 4.99 Å². The van der Waals surface area contributed by atoms with Gasteiger partial charge in [0.25, 0.3) is 0 Å². The van der Waals surface area contributed by atoms with Crippen molar-refractivity contribution >= 4 is 5.96 Å². The largest absolute Gasteiger partial charge is 0.361 e. The third-order valence-corrected chi connectivity index (χ3v) is 3.87. The Bertz CT molecular complexity index is 677. The minimum atomic E-state index is -0.235. The number of rotatable bonds is 6. The van der Waals surface area contributed by atoms with Crippen LogP contribution in [-0.2, 0) is 6.54 Å². The van der Waals surface area contributed by atoms with E-state index in [1.165, 1.54) is 6.07 Å². The van der Waals surface area contributed by atoms with Crippen LogP contribution >= 0.6 is 0 Å². The standard InChI is InChI=1S/C18H25FN4O/c1-5-20-18(22-11-15-8-6-7-9-16(15)19)21-10-12(2)17-13(3)23-24-14(17)4/h6-9,12H,5,10-11H2,1-4H3,(H2,20,21,22). The van der Waals surface area contributed by atoms with Crippen LogP contribution in [0.25, 0.3) is 0 Å². The van der Waals surface area contributed by atoms with E-state index < -0.39 is 0 Å². The summed E-state index contributed by atoms with van der Waals surface area (Å²) >= 11 is 0. The number of aromatic nitrogens is 1. The molecule has 0 fully saturated rings. The molecule has 0 spiro atoms. The molecule has 1 aromatic heterocycles. The molecule has 130 valence electrons. The first-order chi connectivity index (χ1) is 11.5. The first kappa shape index (κ1) is 18.0. The number of halogens is 1. The SMILES string of the molecule is CCNC(=NCc1ccccc1F)NCC(C)c1c(C)noc1C. The maximum Gasteiger partial charge on any atom is 0.191 e. The van der Waals surface area contributed by atoms with Gasteiger partial charge in [-0.3, -0.25) is 0 Å². The number of hydrogen-bond donors (Lipinski definition) is 2. The molecule has 0 radical (unpaired) electrons. The number of nitrogens with one attached hydrogen (secondary N) is 2. The maximum atomic E-state index is 13.7. The van der Waals surface area contributed by atoms with Gasteiger partial charge >= 0.3 is 0 Å². The Labute approximate surface area is 142 Å². The van der Waals surface area contributed by atoms with Crippen molar-refractivity contribution in [2.45, 2.75) is 40.2 Å². The molecule has 24 heavy (non-hydrogen) atoms. The average molecular weight is 332 g/mol. The first-order valence-corrected chi connectivity index (χ1v) is 8.21. The van der Waals surface area contributed by atoms with Crippen molar-refractivity contribution in [2.75, 3.05) is 13.1 Å². The van der Waals surface area contributed by atoms with Crippen molar-refractivity contribution in [3.05, 3.63) is 52.7 Å². The molecule has 2 N–H and O–H groups in total. The quantitative estimate of drug-likeness (QED) is 0.629. The van der Waals surface area contributed by atoms with Gasteiger partial charge in [-0.25, -0.2) is 9.38 Å². The fourth-order valence-corrected chi connectivity index (χ4v) is 2.68. The second-order valence-corrected chi connectivity index (χ2v) is 5.81. The predicted octanol–water partition coefficient (Wildman–Crippen LogP) is 3.29. The zero-order chi connectivity index (χ0) is 17.5. The normalized spacial score (nSPS) is 13.0. The van der Waals surface area contributed by atoms with E-state index in [1.807, 2.05) is 26.8 Å². The number of aryl methyl sites for hydroxylation is 2. The Hall–Kier alpha value is -2.37. The summed E-state index contributed by atoms with van der Waals surface area (Å²) in [5.74, 6) is 1.50. The Morgan fingerprint density at radius 3 is 2.67 bits per heavy atom. The molecule has 0 amide bonds. The highest BCUT2D eigenvalue weighted by atomic mass is 19.1. The zero-order valence-electron chi connectivity index (χ0n) is 14.7. The van der Waals surface area contributed by atoms with Crippen molar-refractivity contribution in [3.8, 4) is 0 Å². The molecule has 0 saturated heterocycles. The van der Waals surface area contributed by atoms with Gasteiger partial charge in [-0.1, -0.05) is 30.3 Å². The summed E-state index contributed by atoms with van der Waals surface area (Å²) in [5, 5.41) is 10.5. The maximum absolute atomic E-state index is 13.7. The number of benzene rings is 1. The monoisotopic (exact) mass is 332 g/mol. The Morgan fingerprint density at radius 1 is 1.29 bits per heavy atom. The highest BCUT2D eigenvalue weighted by Gasteiger charge is 2.16. The van der Waals surface area contributed by atoms with E-state index in [-0.39, 0.29) is 11.7 Å². The van der Waals surface area contributed by atoms with Crippen LogP contribution in [0.4, 0.5) is 4.39 Å². The fourth-order valence-electron chi connectivity index (χ4n) is 2.68. The lowest BCUT2D eigenvalue weighted by molar-refractivity contribution is 0.391. The van der Waals surface area contributed by atoms with Crippen LogP contribution in [0.15, 0.2) is 33.8 Å². The van der Waals surface area contributed by atoms with Gasteiger partial charge in [-0.2, -0.15) is 0 Å². The van der Waals surface area contributed by atoms with E-state index in [4.69, 9.17) is 4.52 Å². The minimum Gasteiger partial charge on any atom is -0.361 e. The van der Waals surface area contributed by atoms with Crippen molar-refractivity contribution in [1.29, 1.82) is 0 Å². The summed E-state index contributed by atoms with van der Waals surface area (Å²) in [6.45, 7) is 9.69. The average Bonchev–Trinajstić information content (AvgIpc) is 2.90. The van der Waals surface area contributed by atoms with Crippen LogP contribution in [-0.4, -0.2) is 24.2 Å². The van der Waals surface area contributed by atoms with Gasteiger partial charge in [0.05, 0.1) is 12.2 Å². The molecule has 5 nitrogen and oxygen atoms in total. The summed E-state index contributed by atoms with van der Waals surface area (Å²) in [6.07, 6.45) is 0. The van der Waals surface area contributed by atoms with E-state index in [0.717, 1.165) is 23.6 Å². The Morgan fingerprint density at radius 2 is 2.04 bits per heavy atom. The lowest BCUT2D eigenvalue weighted by Crippen LogP contribution is -2.39. The Balaban J connectivity index is 2.00. The van der Waals surface area contributed by atoms with Crippen LogP contribution in [0.3, 0.4) is 0 Å². The fraction of sp³-hybridized carbons (Fsp3) is 0.444. The third kappa shape index (κ3) is 4.57. The molecule has 0 aliphatic heterocycles. The molecule has 0 aliphatic carbocycles. The number of hydrogen-bond acceptors (Lipinski definition) is 3. The van der Waals surface area contributed by atoms with E-state index in [2.05, 4.69) is 27.7 Å². The summed E-state index contributed by atoms with van der Waals surface area (Å²) in [4.78, 5) is 4.46. The van der Waals surface area contributed by atoms with Gasteiger partial charge < -0.3 is 15.2 Å². The molecule has 0 aliphatic rings. The van der Waals surface area contributed by atoms with E-state index >= 15 is 0 Å². The lowest BCUT2D eigenvalue weighted by Gasteiger charge is -2.16. The van der Waals surface area contributed by atoms with E-state index in [0.29, 0.717) is 24.6 Å². The number of guanidine groups is 1. The van der Waals surface area contributed by atoms with Gasteiger partial charge in [0.2, 0.25) is 0 Å². The van der Waals surface area contributed by atoms with E-state index in [9.17, 15) is 4.39 Å². The van der Waals surface area contributed by atoms with Crippen LogP contribution < -0.4 is 10.6 Å². The molecule has 6 heteroatoms. The smallest absolute Gasteiger partial charge is 0.191 e. The highest BCUT2D eigenvalue weighted by molar-refractivity contribution is 5.79. The molecular formula is C18H25FN4O. The van der Waals surface area contributed by atoms with Crippen LogP contribution in [0, 0.1) is 19.7 Å².